The summed E-state index contributed by atoms with van der Waals surface area (Å²) in [5.41, 5.74) is 8.54. The van der Waals surface area contributed by atoms with Crippen LogP contribution < -0.4 is 10.5 Å². The van der Waals surface area contributed by atoms with Crippen molar-refractivity contribution in [2.75, 3.05) is 5.73 Å². The predicted molar refractivity (Wildman–Crippen MR) is 80.7 cm³/mol. The van der Waals surface area contributed by atoms with Gasteiger partial charge in [0.15, 0.2) is 0 Å². The largest absolute Gasteiger partial charge is 0.457 e. The minimum atomic E-state index is 0.290. The van der Waals surface area contributed by atoms with E-state index in [-0.39, 0.29) is 0 Å². The van der Waals surface area contributed by atoms with Crippen molar-refractivity contribution in [1.29, 1.82) is 5.26 Å². The Bertz CT molecular complexity index is 612. The third-order valence-electron chi connectivity index (χ3n) is 3.08. The molecular weight excluding hydrogens is 248 g/mol. The second kappa shape index (κ2) is 6.63. The predicted octanol–water partition coefficient (Wildman–Crippen LogP) is 4.08. The second-order valence-corrected chi connectivity index (χ2v) is 4.69. The number of hydrogen-bond donors (Lipinski definition) is 1. The Morgan fingerprint density at radius 1 is 1.10 bits per heavy atom. The standard InChI is InChI=1S/C17H18N2O/c1-2-3-13-4-6-15(7-5-13)20-16-8-9-17(19)14(12-16)10-11-18/h4-9,12H,2-3,10,19H2,1H3. The molecule has 0 saturated carbocycles. The normalized spacial score (nSPS) is 10.0. The summed E-state index contributed by atoms with van der Waals surface area (Å²) >= 11 is 0. The molecular formula is C17H18N2O. The van der Waals surface area contributed by atoms with Crippen LogP contribution in [0.5, 0.6) is 11.5 Å². The lowest BCUT2D eigenvalue weighted by Crippen LogP contribution is -1.94. The van der Waals surface area contributed by atoms with E-state index < -0.39 is 0 Å². The summed E-state index contributed by atoms with van der Waals surface area (Å²) in [6.45, 7) is 2.16. The van der Waals surface area contributed by atoms with Crippen LogP contribution in [0.2, 0.25) is 0 Å². The Labute approximate surface area is 119 Å². The van der Waals surface area contributed by atoms with Gasteiger partial charge in [-0.1, -0.05) is 25.5 Å². The molecule has 20 heavy (non-hydrogen) atoms. The Morgan fingerprint density at radius 3 is 2.45 bits per heavy atom. The van der Waals surface area contributed by atoms with Gasteiger partial charge in [-0.3, -0.25) is 0 Å². The fraction of sp³-hybridized carbons (Fsp3) is 0.235. The number of aryl methyl sites for hydroxylation is 1. The fourth-order valence-electron chi connectivity index (χ4n) is 2.03. The van der Waals surface area contributed by atoms with Crippen molar-refractivity contribution in [2.24, 2.45) is 0 Å². The number of ether oxygens (including phenoxy) is 1. The van der Waals surface area contributed by atoms with Crippen molar-refractivity contribution in [3.63, 3.8) is 0 Å². The summed E-state index contributed by atoms with van der Waals surface area (Å²) < 4.78 is 5.79. The van der Waals surface area contributed by atoms with Gasteiger partial charge in [0.2, 0.25) is 0 Å². The highest BCUT2D eigenvalue weighted by Crippen LogP contribution is 2.25. The minimum absolute atomic E-state index is 0.290. The Morgan fingerprint density at radius 2 is 1.80 bits per heavy atom. The topological polar surface area (TPSA) is 59.0 Å². The van der Waals surface area contributed by atoms with E-state index in [2.05, 4.69) is 25.1 Å². The number of anilines is 1. The molecule has 0 aliphatic carbocycles. The molecule has 102 valence electrons. The highest BCUT2D eigenvalue weighted by Gasteiger charge is 2.03. The molecule has 0 radical (unpaired) electrons. The number of nitrogen functional groups attached to an aromatic ring is 1. The van der Waals surface area contributed by atoms with Crippen molar-refractivity contribution in [1.82, 2.24) is 0 Å². The van der Waals surface area contributed by atoms with Crippen LogP contribution in [0.3, 0.4) is 0 Å². The van der Waals surface area contributed by atoms with Gasteiger partial charge in [0.05, 0.1) is 12.5 Å². The van der Waals surface area contributed by atoms with Crippen LogP contribution in [0.1, 0.15) is 24.5 Å². The summed E-state index contributed by atoms with van der Waals surface area (Å²) in [5, 5.41) is 8.76. The van der Waals surface area contributed by atoms with E-state index in [1.54, 1.807) is 6.07 Å². The molecule has 0 atom stereocenters. The third kappa shape index (κ3) is 3.52. The van der Waals surface area contributed by atoms with E-state index in [1.165, 1.54) is 5.56 Å². The molecule has 3 heteroatoms. The van der Waals surface area contributed by atoms with Crippen LogP contribution in [0.4, 0.5) is 5.69 Å². The van der Waals surface area contributed by atoms with E-state index in [0.29, 0.717) is 17.9 Å². The van der Waals surface area contributed by atoms with Gasteiger partial charge in [0.1, 0.15) is 11.5 Å². The van der Waals surface area contributed by atoms with E-state index in [1.807, 2.05) is 24.3 Å². The van der Waals surface area contributed by atoms with Crippen molar-refractivity contribution < 1.29 is 4.74 Å². The minimum Gasteiger partial charge on any atom is -0.457 e. The molecule has 2 aromatic carbocycles. The van der Waals surface area contributed by atoms with Gasteiger partial charge in [0, 0.05) is 5.69 Å². The average Bonchev–Trinajstić information content (AvgIpc) is 2.45. The van der Waals surface area contributed by atoms with Gasteiger partial charge in [-0.25, -0.2) is 0 Å². The van der Waals surface area contributed by atoms with E-state index in [9.17, 15) is 0 Å². The monoisotopic (exact) mass is 266 g/mol. The molecule has 2 rings (SSSR count). The molecule has 0 aromatic heterocycles. The molecule has 0 bridgehead atoms. The zero-order chi connectivity index (χ0) is 14.4. The number of benzene rings is 2. The van der Waals surface area contributed by atoms with Crippen LogP contribution >= 0.6 is 0 Å². The number of nitriles is 1. The first-order chi connectivity index (χ1) is 9.72. The molecule has 0 fully saturated rings. The first-order valence-electron chi connectivity index (χ1n) is 6.75. The maximum atomic E-state index is 8.76. The lowest BCUT2D eigenvalue weighted by atomic mass is 10.1. The fourth-order valence-corrected chi connectivity index (χ4v) is 2.03. The van der Waals surface area contributed by atoms with Gasteiger partial charge < -0.3 is 10.5 Å². The van der Waals surface area contributed by atoms with Crippen molar-refractivity contribution >= 4 is 5.69 Å². The van der Waals surface area contributed by atoms with E-state index in [4.69, 9.17) is 15.7 Å². The van der Waals surface area contributed by atoms with Crippen molar-refractivity contribution in [3.8, 4) is 17.6 Å². The van der Waals surface area contributed by atoms with Gasteiger partial charge in [-0.2, -0.15) is 5.26 Å². The number of hydrogen-bond acceptors (Lipinski definition) is 3. The molecule has 3 nitrogen and oxygen atoms in total. The summed E-state index contributed by atoms with van der Waals surface area (Å²) in [5.74, 6) is 1.49. The zero-order valence-corrected chi connectivity index (χ0v) is 11.6. The first-order valence-corrected chi connectivity index (χ1v) is 6.75. The van der Waals surface area contributed by atoms with Crippen molar-refractivity contribution in [3.05, 3.63) is 53.6 Å². The average molecular weight is 266 g/mol. The van der Waals surface area contributed by atoms with Crippen LogP contribution in [0, 0.1) is 11.3 Å². The van der Waals surface area contributed by atoms with E-state index in [0.717, 1.165) is 24.2 Å². The Hall–Kier alpha value is -2.47. The number of nitrogens with zero attached hydrogens (tertiary/aromatic N) is 1. The third-order valence-corrected chi connectivity index (χ3v) is 3.08. The summed E-state index contributed by atoms with van der Waals surface area (Å²) in [4.78, 5) is 0. The lowest BCUT2D eigenvalue weighted by molar-refractivity contribution is 0.482. The molecule has 0 amide bonds. The first kappa shape index (κ1) is 14.0. The molecule has 0 unspecified atom stereocenters. The second-order valence-electron chi connectivity index (χ2n) is 4.69. The molecule has 0 heterocycles. The van der Waals surface area contributed by atoms with Gasteiger partial charge in [-0.15, -0.1) is 0 Å². The molecule has 0 saturated heterocycles. The molecule has 2 N–H and O–H groups in total. The van der Waals surface area contributed by atoms with Crippen LogP contribution in [0.25, 0.3) is 0 Å². The lowest BCUT2D eigenvalue weighted by Gasteiger charge is -2.09. The van der Waals surface area contributed by atoms with Crippen LogP contribution in [-0.2, 0) is 12.8 Å². The Balaban J connectivity index is 2.13. The SMILES string of the molecule is CCCc1ccc(Oc2ccc(N)c(CC#N)c2)cc1. The molecule has 2 aromatic rings. The smallest absolute Gasteiger partial charge is 0.127 e. The number of nitrogens with two attached hydrogens (primary N) is 1. The van der Waals surface area contributed by atoms with Crippen LogP contribution in [0.15, 0.2) is 42.5 Å². The van der Waals surface area contributed by atoms with Crippen molar-refractivity contribution in [2.45, 2.75) is 26.2 Å². The van der Waals surface area contributed by atoms with Crippen LogP contribution in [-0.4, -0.2) is 0 Å². The van der Waals surface area contributed by atoms with Gasteiger partial charge in [0.25, 0.3) is 0 Å². The molecule has 0 spiro atoms. The highest BCUT2D eigenvalue weighted by molar-refractivity contribution is 5.52. The summed E-state index contributed by atoms with van der Waals surface area (Å²) in [6.07, 6.45) is 2.50. The number of rotatable bonds is 5. The molecule has 0 aliphatic heterocycles. The highest BCUT2D eigenvalue weighted by atomic mass is 16.5. The summed E-state index contributed by atoms with van der Waals surface area (Å²) in [7, 11) is 0. The zero-order valence-electron chi connectivity index (χ0n) is 11.6. The Kier molecular flexibility index (Phi) is 4.62. The maximum absolute atomic E-state index is 8.76. The van der Waals surface area contributed by atoms with Gasteiger partial charge >= 0.3 is 0 Å². The quantitative estimate of drug-likeness (QED) is 0.829. The van der Waals surface area contributed by atoms with Gasteiger partial charge in [-0.05, 0) is 47.9 Å². The van der Waals surface area contributed by atoms with E-state index >= 15 is 0 Å². The maximum Gasteiger partial charge on any atom is 0.127 e. The molecule has 0 aliphatic rings. The summed E-state index contributed by atoms with van der Waals surface area (Å²) in [6, 6.07) is 15.6.